The maximum atomic E-state index is 5.53. The van der Waals surface area contributed by atoms with Crippen LogP contribution in [0.25, 0.3) is 0 Å². The SMILES string of the molecule is CCOCc1ccccc1CNC(C)c1ccc(Br)cc1. The lowest BCUT2D eigenvalue weighted by molar-refractivity contribution is 0.133. The van der Waals surface area contributed by atoms with Gasteiger partial charge < -0.3 is 10.1 Å². The standard InChI is InChI=1S/C18H22BrNO/c1-3-21-13-17-7-5-4-6-16(17)12-20-14(2)15-8-10-18(19)11-9-15/h4-11,14,20H,3,12-13H2,1-2H3. The molecule has 0 aromatic heterocycles. The van der Waals surface area contributed by atoms with Crippen molar-refractivity contribution in [3.05, 3.63) is 69.7 Å². The third-order valence-corrected chi connectivity index (χ3v) is 4.08. The summed E-state index contributed by atoms with van der Waals surface area (Å²) in [7, 11) is 0. The van der Waals surface area contributed by atoms with Crippen LogP contribution >= 0.6 is 15.9 Å². The zero-order valence-corrected chi connectivity index (χ0v) is 14.2. The van der Waals surface area contributed by atoms with Crippen molar-refractivity contribution < 1.29 is 4.74 Å². The van der Waals surface area contributed by atoms with Crippen molar-refractivity contribution in [3.63, 3.8) is 0 Å². The van der Waals surface area contributed by atoms with Gasteiger partial charge in [-0.2, -0.15) is 0 Å². The Balaban J connectivity index is 1.97. The summed E-state index contributed by atoms with van der Waals surface area (Å²) in [6.07, 6.45) is 0. The zero-order valence-electron chi connectivity index (χ0n) is 12.6. The summed E-state index contributed by atoms with van der Waals surface area (Å²) in [5.74, 6) is 0. The average molecular weight is 348 g/mol. The van der Waals surface area contributed by atoms with Crippen molar-refractivity contribution in [2.75, 3.05) is 6.61 Å². The first kappa shape index (κ1) is 16.2. The van der Waals surface area contributed by atoms with Crippen LogP contribution in [0.5, 0.6) is 0 Å². The van der Waals surface area contributed by atoms with Gasteiger partial charge in [0.25, 0.3) is 0 Å². The van der Waals surface area contributed by atoms with Crippen molar-refractivity contribution >= 4 is 15.9 Å². The van der Waals surface area contributed by atoms with E-state index in [4.69, 9.17) is 4.74 Å². The van der Waals surface area contributed by atoms with Gasteiger partial charge in [0.15, 0.2) is 0 Å². The van der Waals surface area contributed by atoms with Crippen molar-refractivity contribution in [1.29, 1.82) is 0 Å². The van der Waals surface area contributed by atoms with E-state index in [2.05, 4.69) is 76.7 Å². The molecular weight excluding hydrogens is 326 g/mol. The second-order valence-corrected chi connectivity index (χ2v) is 5.98. The molecule has 2 rings (SSSR count). The molecule has 2 aromatic rings. The summed E-state index contributed by atoms with van der Waals surface area (Å²) in [5, 5.41) is 3.58. The number of hydrogen-bond acceptors (Lipinski definition) is 2. The number of rotatable bonds is 7. The van der Waals surface area contributed by atoms with Crippen LogP contribution in [0, 0.1) is 0 Å². The molecule has 0 saturated carbocycles. The largest absolute Gasteiger partial charge is 0.377 e. The maximum absolute atomic E-state index is 5.53. The van der Waals surface area contributed by atoms with E-state index in [9.17, 15) is 0 Å². The minimum Gasteiger partial charge on any atom is -0.377 e. The monoisotopic (exact) mass is 347 g/mol. The number of benzene rings is 2. The second-order valence-electron chi connectivity index (χ2n) is 5.06. The molecule has 112 valence electrons. The van der Waals surface area contributed by atoms with Crippen LogP contribution in [0.15, 0.2) is 53.0 Å². The lowest BCUT2D eigenvalue weighted by Crippen LogP contribution is -2.19. The van der Waals surface area contributed by atoms with Gasteiger partial charge in [-0.25, -0.2) is 0 Å². The van der Waals surface area contributed by atoms with Crippen LogP contribution in [0.4, 0.5) is 0 Å². The van der Waals surface area contributed by atoms with Gasteiger partial charge in [-0.3, -0.25) is 0 Å². The normalized spacial score (nSPS) is 12.3. The van der Waals surface area contributed by atoms with Crippen LogP contribution in [0.3, 0.4) is 0 Å². The van der Waals surface area contributed by atoms with Crippen LogP contribution < -0.4 is 5.32 Å². The molecule has 0 aliphatic rings. The van der Waals surface area contributed by atoms with Crippen molar-refractivity contribution in [1.82, 2.24) is 5.32 Å². The lowest BCUT2D eigenvalue weighted by atomic mass is 10.1. The molecular formula is C18H22BrNO. The molecule has 0 radical (unpaired) electrons. The molecule has 0 aliphatic carbocycles. The Hall–Kier alpha value is -1.16. The highest BCUT2D eigenvalue weighted by Gasteiger charge is 2.07. The lowest BCUT2D eigenvalue weighted by Gasteiger charge is -2.16. The summed E-state index contributed by atoms with van der Waals surface area (Å²) in [6, 6.07) is 17.2. The number of ether oxygens (including phenoxy) is 1. The molecule has 2 nitrogen and oxygen atoms in total. The summed E-state index contributed by atoms with van der Waals surface area (Å²) < 4.78 is 6.64. The van der Waals surface area contributed by atoms with Crippen LogP contribution in [-0.2, 0) is 17.9 Å². The quantitative estimate of drug-likeness (QED) is 0.773. The molecule has 2 aromatic carbocycles. The van der Waals surface area contributed by atoms with Gasteiger partial charge in [-0.1, -0.05) is 52.3 Å². The van der Waals surface area contributed by atoms with E-state index in [0.29, 0.717) is 12.6 Å². The minimum atomic E-state index is 0.318. The summed E-state index contributed by atoms with van der Waals surface area (Å²) in [4.78, 5) is 0. The number of hydrogen-bond donors (Lipinski definition) is 1. The van der Waals surface area contributed by atoms with Gasteiger partial charge in [0, 0.05) is 23.7 Å². The van der Waals surface area contributed by atoms with Crippen molar-refractivity contribution in [2.45, 2.75) is 33.0 Å². The van der Waals surface area contributed by atoms with E-state index < -0.39 is 0 Å². The van der Waals surface area contributed by atoms with Gasteiger partial charge in [-0.15, -0.1) is 0 Å². The first-order valence-electron chi connectivity index (χ1n) is 7.34. The Morgan fingerprint density at radius 3 is 2.38 bits per heavy atom. The Labute approximate surface area is 135 Å². The Morgan fingerprint density at radius 1 is 1.05 bits per heavy atom. The highest BCUT2D eigenvalue weighted by Crippen LogP contribution is 2.18. The van der Waals surface area contributed by atoms with Crippen LogP contribution in [-0.4, -0.2) is 6.61 Å². The molecule has 0 aliphatic heterocycles. The third-order valence-electron chi connectivity index (χ3n) is 3.55. The number of halogens is 1. The molecule has 1 unspecified atom stereocenters. The smallest absolute Gasteiger partial charge is 0.0719 e. The van der Waals surface area contributed by atoms with E-state index in [0.717, 1.165) is 17.6 Å². The van der Waals surface area contributed by atoms with Gasteiger partial charge >= 0.3 is 0 Å². The molecule has 0 spiro atoms. The van der Waals surface area contributed by atoms with E-state index in [1.54, 1.807) is 0 Å². The predicted octanol–water partition coefficient (Wildman–Crippen LogP) is 4.84. The summed E-state index contributed by atoms with van der Waals surface area (Å²) in [5.41, 5.74) is 3.85. The maximum Gasteiger partial charge on any atom is 0.0719 e. The minimum absolute atomic E-state index is 0.318. The summed E-state index contributed by atoms with van der Waals surface area (Å²) in [6.45, 7) is 6.49. The molecule has 1 atom stereocenters. The van der Waals surface area contributed by atoms with Gasteiger partial charge in [0.1, 0.15) is 0 Å². The van der Waals surface area contributed by atoms with E-state index in [-0.39, 0.29) is 0 Å². The summed E-state index contributed by atoms with van der Waals surface area (Å²) >= 11 is 3.47. The molecule has 0 amide bonds. The van der Waals surface area contributed by atoms with E-state index in [1.165, 1.54) is 16.7 Å². The molecule has 3 heteroatoms. The van der Waals surface area contributed by atoms with Crippen LogP contribution in [0.2, 0.25) is 0 Å². The fourth-order valence-corrected chi connectivity index (χ4v) is 2.48. The topological polar surface area (TPSA) is 21.3 Å². The molecule has 1 N–H and O–H groups in total. The Kier molecular flexibility index (Phi) is 6.43. The zero-order chi connectivity index (χ0) is 15.1. The molecule has 0 bridgehead atoms. The average Bonchev–Trinajstić information content (AvgIpc) is 2.52. The Morgan fingerprint density at radius 2 is 1.71 bits per heavy atom. The van der Waals surface area contributed by atoms with E-state index in [1.807, 2.05) is 6.92 Å². The molecule has 0 fully saturated rings. The van der Waals surface area contributed by atoms with Crippen molar-refractivity contribution in [3.8, 4) is 0 Å². The highest BCUT2D eigenvalue weighted by molar-refractivity contribution is 9.10. The first-order chi connectivity index (χ1) is 10.2. The number of nitrogens with one attached hydrogen (secondary N) is 1. The van der Waals surface area contributed by atoms with Crippen LogP contribution in [0.1, 0.15) is 36.6 Å². The first-order valence-corrected chi connectivity index (χ1v) is 8.13. The fourth-order valence-electron chi connectivity index (χ4n) is 2.22. The van der Waals surface area contributed by atoms with E-state index >= 15 is 0 Å². The second kappa shape index (κ2) is 8.32. The van der Waals surface area contributed by atoms with Gasteiger partial charge in [0.2, 0.25) is 0 Å². The highest BCUT2D eigenvalue weighted by atomic mass is 79.9. The van der Waals surface area contributed by atoms with Crippen molar-refractivity contribution in [2.24, 2.45) is 0 Å². The Bertz CT molecular complexity index is 553. The third kappa shape index (κ3) is 4.95. The van der Waals surface area contributed by atoms with Gasteiger partial charge in [0.05, 0.1) is 6.61 Å². The molecule has 0 saturated heterocycles. The van der Waals surface area contributed by atoms with Gasteiger partial charge in [-0.05, 0) is 42.7 Å². The fraction of sp³-hybridized carbons (Fsp3) is 0.333. The molecule has 21 heavy (non-hydrogen) atoms. The molecule has 0 heterocycles. The predicted molar refractivity (Wildman–Crippen MR) is 91.2 cm³/mol.